The second kappa shape index (κ2) is 8.53. The number of carbonyl (C=O) groups is 1. The van der Waals surface area contributed by atoms with Crippen LogP contribution in [0.1, 0.15) is 34.1 Å². The molecule has 0 saturated carbocycles. The Morgan fingerprint density at radius 1 is 1.38 bits per heavy atom. The van der Waals surface area contributed by atoms with Gasteiger partial charge in [-0.15, -0.1) is 0 Å². The van der Waals surface area contributed by atoms with Crippen molar-refractivity contribution in [3.63, 3.8) is 0 Å². The highest BCUT2D eigenvalue weighted by molar-refractivity contribution is 5.81. The summed E-state index contributed by atoms with van der Waals surface area (Å²) in [4.78, 5) is 13.9. The Morgan fingerprint density at radius 2 is 2.00 bits per heavy atom. The van der Waals surface area contributed by atoms with Crippen molar-refractivity contribution in [2.24, 2.45) is 5.92 Å². The van der Waals surface area contributed by atoms with Crippen LogP contribution in [-0.2, 0) is 4.79 Å². The largest absolute Gasteiger partial charge is 0.396 e. The fourth-order valence-electron chi connectivity index (χ4n) is 1.52. The lowest BCUT2D eigenvalue weighted by atomic mass is 10.2. The summed E-state index contributed by atoms with van der Waals surface area (Å²) >= 11 is 0. The van der Waals surface area contributed by atoms with Gasteiger partial charge in [-0.3, -0.25) is 9.69 Å². The molecule has 0 aliphatic rings. The van der Waals surface area contributed by atoms with Gasteiger partial charge in [-0.05, 0) is 25.8 Å². The quantitative estimate of drug-likeness (QED) is 0.650. The Labute approximate surface area is 99.0 Å². The van der Waals surface area contributed by atoms with Gasteiger partial charge in [-0.1, -0.05) is 20.8 Å². The molecule has 1 amide bonds. The van der Waals surface area contributed by atoms with Crippen molar-refractivity contribution < 1.29 is 9.90 Å². The van der Waals surface area contributed by atoms with E-state index in [2.05, 4.69) is 24.1 Å². The van der Waals surface area contributed by atoms with E-state index in [1.165, 1.54) is 0 Å². The van der Waals surface area contributed by atoms with E-state index in [9.17, 15) is 4.79 Å². The van der Waals surface area contributed by atoms with Crippen LogP contribution in [0.3, 0.4) is 0 Å². The summed E-state index contributed by atoms with van der Waals surface area (Å²) in [5, 5.41) is 11.7. The summed E-state index contributed by atoms with van der Waals surface area (Å²) in [6.45, 7) is 10.6. The molecule has 1 atom stereocenters. The summed E-state index contributed by atoms with van der Waals surface area (Å²) in [7, 11) is 0. The smallest absolute Gasteiger partial charge is 0.237 e. The second-order valence-electron chi connectivity index (χ2n) is 4.52. The molecule has 0 heterocycles. The van der Waals surface area contributed by atoms with Gasteiger partial charge in [-0.25, -0.2) is 0 Å². The molecule has 96 valence electrons. The minimum Gasteiger partial charge on any atom is -0.396 e. The Balaban J connectivity index is 4.05. The predicted octanol–water partition coefficient (Wildman–Crippen LogP) is 0.851. The van der Waals surface area contributed by atoms with Crippen molar-refractivity contribution in [1.29, 1.82) is 0 Å². The Bertz CT molecular complexity index is 195. The highest BCUT2D eigenvalue weighted by Gasteiger charge is 2.19. The maximum atomic E-state index is 11.8. The van der Waals surface area contributed by atoms with Crippen LogP contribution in [0.2, 0.25) is 0 Å². The fourth-order valence-corrected chi connectivity index (χ4v) is 1.52. The van der Waals surface area contributed by atoms with Crippen molar-refractivity contribution in [3.8, 4) is 0 Å². The van der Waals surface area contributed by atoms with Gasteiger partial charge >= 0.3 is 0 Å². The minimum absolute atomic E-state index is 0.0773. The number of hydrogen-bond donors (Lipinski definition) is 2. The monoisotopic (exact) mass is 230 g/mol. The molecule has 4 heteroatoms. The maximum absolute atomic E-state index is 11.8. The summed E-state index contributed by atoms with van der Waals surface area (Å²) in [6, 6.07) is -0.115. The zero-order valence-corrected chi connectivity index (χ0v) is 11.0. The molecule has 0 aromatic heterocycles. The van der Waals surface area contributed by atoms with Crippen LogP contribution < -0.4 is 5.32 Å². The number of carbonyl (C=O) groups excluding carboxylic acids is 1. The van der Waals surface area contributed by atoms with Gasteiger partial charge in [0.1, 0.15) is 0 Å². The molecular formula is C12H26N2O2. The third kappa shape index (κ3) is 6.08. The van der Waals surface area contributed by atoms with Gasteiger partial charge in [0.05, 0.1) is 6.04 Å². The van der Waals surface area contributed by atoms with Crippen LogP contribution in [-0.4, -0.2) is 48.2 Å². The first kappa shape index (κ1) is 15.4. The van der Waals surface area contributed by atoms with E-state index in [1.807, 2.05) is 13.8 Å². The first-order valence-electron chi connectivity index (χ1n) is 6.15. The molecule has 0 spiro atoms. The molecule has 0 aromatic rings. The average molecular weight is 230 g/mol. The van der Waals surface area contributed by atoms with E-state index < -0.39 is 0 Å². The van der Waals surface area contributed by atoms with Crippen LogP contribution >= 0.6 is 0 Å². The van der Waals surface area contributed by atoms with E-state index in [4.69, 9.17) is 5.11 Å². The lowest BCUT2D eigenvalue weighted by Crippen LogP contribution is -2.46. The van der Waals surface area contributed by atoms with Crippen LogP contribution in [0.15, 0.2) is 0 Å². The zero-order chi connectivity index (χ0) is 12.6. The van der Waals surface area contributed by atoms with Gasteiger partial charge in [0.2, 0.25) is 5.91 Å². The number of nitrogens with one attached hydrogen (secondary N) is 1. The summed E-state index contributed by atoms with van der Waals surface area (Å²) in [5.41, 5.74) is 0. The van der Waals surface area contributed by atoms with Gasteiger partial charge in [-0.2, -0.15) is 0 Å². The molecule has 1 unspecified atom stereocenters. The molecule has 0 rings (SSSR count). The predicted molar refractivity (Wildman–Crippen MR) is 66.3 cm³/mol. The van der Waals surface area contributed by atoms with Crippen molar-refractivity contribution in [3.05, 3.63) is 0 Å². The first-order valence-corrected chi connectivity index (χ1v) is 6.15. The topological polar surface area (TPSA) is 52.6 Å². The van der Waals surface area contributed by atoms with Gasteiger partial charge in [0.15, 0.2) is 0 Å². The normalized spacial score (nSPS) is 13.2. The molecule has 0 aliphatic heterocycles. The summed E-state index contributed by atoms with van der Waals surface area (Å²) in [5.74, 6) is 0.553. The molecule has 4 nitrogen and oxygen atoms in total. The van der Waals surface area contributed by atoms with Crippen molar-refractivity contribution in [1.82, 2.24) is 10.2 Å². The third-order valence-corrected chi connectivity index (χ3v) is 2.62. The Kier molecular flexibility index (Phi) is 8.21. The number of amides is 1. The second-order valence-corrected chi connectivity index (χ2v) is 4.52. The molecule has 16 heavy (non-hydrogen) atoms. The van der Waals surface area contributed by atoms with Crippen molar-refractivity contribution in [2.75, 3.05) is 26.2 Å². The van der Waals surface area contributed by atoms with Crippen molar-refractivity contribution >= 4 is 5.91 Å². The lowest BCUT2D eigenvalue weighted by molar-refractivity contribution is -0.126. The number of hydrogen-bond acceptors (Lipinski definition) is 3. The van der Waals surface area contributed by atoms with Crippen LogP contribution in [0.5, 0.6) is 0 Å². The fraction of sp³-hybridized carbons (Fsp3) is 0.917. The van der Waals surface area contributed by atoms with Crippen LogP contribution in [0.4, 0.5) is 0 Å². The molecule has 0 radical (unpaired) electrons. The standard InChI is InChI=1S/C12H26N2O2/c1-5-14(7-6-8-15)11(4)12(16)13-9-10(2)3/h10-11,15H,5-9H2,1-4H3,(H,13,16). The van der Waals surface area contributed by atoms with Crippen molar-refractivity contribution in [2.45, 2.75) is 40.2 Å². The van der Waals surface area contributed by atoms with E-state index in [-0.39, 0.29) is 18.6 Å². The average Bonchev–Trinajstić information content (AvgIpc) is 2.26. The third-order valence-electron chi connectivity index (χ3n) is 2.62. The molecule has 0 aromatic carbocycles. The molecule has 2 N–H and O–H groups in total. The number of nitrogens with zero attached hydrogens (tertiary/aromatic N) is 1. The highest BCUT2D eigenvalue weighted by atomic mass is 16.3. The van der Waals surface area contributed by atoms with Crippen LogP contribution in [0.25, 0.3) is 0 Å². The molecule has 0 fully saturated rings. The minimum atomic E-state index is -0.115. The summed E-state index contributed by atoms with van der Waals surface area (Å²) in [6.07, 6.45) is 0.718. The molecule has 0 bridgehead atoms. The van der Waals surface area contributed by atoms with Gasteiger partial charge < -0.3 is 10.4 Å². The molecule has 0 saturated heterocycles. The van der Waals surface area contributed by atoms with Gasteiger partial charge in [0.25, 0.3) is 0 Å². The lowest BCUT2D eigenvalue weighted by Gasteiger charge is -2.26. The highest BCUT2D eigenvalue weighted by Crippen LogP contribution is 2.01. The number of likely N-dealkylation sites (N-methyl/N-ethyl adjacent to an activating group) is 1. The Hall–Kier alpha value is -0.610. The van der Waals surface area contributed by atoms with E-state index in [0.717, 1.165) is 26.1 Å². The molecular weight excluding hydrogens is 204 g/mol. The van der Waals surface area contributed by atoms with Crippen LogP contribution in [0, 0.1) is 5.92 Å². The first-order chi connectivity index (χ1) is 7.52. The number of rotatable bonds is 8. The number of aliphatic hydroxyl groups is 1. The van der Waals surface area contributed by atoms with E-state index in [0.29, 0.717) is 5.92 Å². The van der Waals surface area contributed by atoms with Gasteiger partial charge in [0, 0.05) is 19.7 Å². The van der Waals surface area contributed by atoms with E-state index >= 15 is 0 Å². The zero-order valence-electron chi connectivity index (χ0n) is 11.0. The Morgan fingerprint density at radius 3 is 2.44 bits per heavy atom. The SMILES string of the molecule is CCN(CCCO)C(C)C(=O)NCC(C)C. The molecule has 0 aliphatic carbocycles. The summed E-state index contributed by atoms with van der Waals surface area (Å²) < 4.78 is 0. The maximum Gasteiger partial charge on any atom is 0.237 e. The van der Waals surface area contributed by atoms with E-state index in [1.54, 1.807) is 0 Å². The number of aliphatic hydroxyl groups excluding tert-OH is 1.